The molecule has 0 heterocycles. The van der Waals surface area contributed by atoms with Crippen molar-refractivity contribution in [1.29, 1.82) is 0 Å². The number of halogens is 1. The molecule has 2 N–H and O–H groups in total. The molecular weight excluding hydrogens is 392 g/mol. The summed E-state index contributed by atoms with van der Waals surface area (Å²) < 4.78 is 0. The summed E-state index contributed by atoms with van der Waals surface area (Å²) in [6, 6.07) is 18.9. The van der Waals surface area contributed by atoms with Gasteiger partial charge in [0, 0.05) is 32.6 Å². The van der Waals surface area contributed by atoms with Crippen molar-refractivity contribution in [3.05, 3.63) is 65.7 Å². The number of amides is 2. The molecule has 3 aromatic carbocycles. The molecule has 0 bridgehead atoms. The van der Waals surface area contributed by atoms with Crippen LogP contribution in [-0.4, -0.2) is 17.6 Å². The Morgan fingerprint density at radius 3 is 2.39 bits per heavy atom. The molecule has 0 radical (unpaired) electrons. The lowest BCUT2D eigenvalue weighted by Crippen LogP contribution is -2.15. The summed E-state index contributed by atoms with van der Waals surface area (Å²) in [6.45, 7) is 0. The summed E-state index contributed by atoms with van der Waals surface area (Å²) in [6.07, 6.45) is 1.91. The van der Waals surface area contributed by atoms with Gasteiger partial charge in [-0.25, -0.2) is 0 Å². The number of rotatable bonds is 6. The summed E-state index contributed by atoms with van der Waals surface area (Å²) in [7, 11) is 0. The van der Waals surface area contributed by atoms with Gasteiger partial charge in [0.15, 0.2) is 0 Å². The Kier molecular flexibility index (Phi) is 5.55. The lowest BCUT2D eigenvalue weighted by atomic mass is 10.1. The number of nitrogens with one attached hydrogen (secondary N) is 2. The van der Waals surface area contributed by atoms with Gasteiger partial charge in [-0.2, -0.15) is 0 Å². The second-order valence-corrected chi connectivity index (χ2v) is 8.20. The average Bonchev–Trinajstić information content (AvgIpc) is 3.52. The summed E-state index contributed by atoms with van der Waals surface area (Å²) in [5.74, 6) is 0.344. The lowest BCUT2D eigenvalue weighted by molar-refractivity contribution is -0.117. The molecule has 3 aromatic rings. The largest absolute Gasteiger partial charge is 0.326 e. The van der Waals surface area contributed by atoms with E-state index < -0.39 is 0 Å². The molecule has 1 saturated carbocycles. The predicted octanol–water partition coefficient (Wildman–Crippen LogP) is 5.57. The zero-order chi connectivity index (χ0) is 19.5. The van der Waals surface area contributed by atoms with E-state index in [1.807, 2.05) is 54.6 Å². The Hall–Kier alpha value is -2.50. The molecule has 0 spiro atoms. The van der Waals surface area contributed by atoms with Crippen molar-refractivity contribution in [1.82, 2.24) is 0 Å². The van der Waals surface area contributed by atoms with E-state index in [4.69, 9.17) is 11.6 Å². The first-order chi connectivity index (χ1) is 13.6. The third-order valence-electron chi connectivity index (χ3n) is 4.54. The second kappa shape index (κ2) is 8.25. The number of hydrogen-bond donors (Lipinski definition) is 2. The first-order valence-corrected chi connectivity index (χ1v) is 10.5. The summed E-state index contributed by atoms with van der Waals surface area (Å²) >= 11 is 7.80. The van der Waals surface area contributed by atoms with E-state index in [0.717, 1.165) is 28.5 Å². The van der Waals surface area contributed by atoms with Crippen molar-refractivity contribution in [2.24, 2.45) is 5.92 Å². The van der Waals surface area contributed by atoms with Gasteiger partial charge in [0.05, 0.1) is 5.75 Å². The maximum absolute atomic E-state index is 12.4. The summed E-state index contributed by atoms with van der Waals surface area (Å²) in [4.78, 5) is 25.3. The van der Waals surface area contributed by atoms with Gasteiger partial charge in [-0.15, -0.1) is 11.8 Å². The van der Waals surface area contributed by atoms with Crippen LogP contribution in [0.1, 0.15) is 12.8 Å². The van der Waals surface area contributed by atoms with Gasteiger partial charge in [-0.3, -0.25) is 9.59 Å². The SMILES string of the molecule is O=C(CSc1cccc2cccc(Cl)c12)Nc1cccc(NC(=O)C2CC2)c1. The zero-order valence-electron chi connectivity index (χ0n) is 15.1. The van der Waals surface area contributed by atoms with E-state index in [1.54, 1.807) is 6.07 Å². The minimum atomic E-state index is -0.111. The van der Waals surface area contributed by atoms with Crippen molar-refractivity contribution in [2.75, 3.05) is 16.4 Å². The molecule has 142 valence electrons. The molecule has 0 aliphatic heterocycles. The van der Waals surface area contributed by atoms with Crippen LogP contribution in [0.2, 0.25) is 5.02 Å². The molecule has 1 fully saturated rings. The average molecular weight is 411 g/mol. The minimum Gasteiger partial charge on any atom is -0.326 e. The molecule has 1 aliphatic rings. The predicted molar refractivity (Wildman–Crippen MR) is 116 cm³/mol. The normalized spacial score (nSPS) is 13.3. The van der Waals surface area contributed by atoms with E-state index in [9.17, 15) is 9.59 Å². The number of carbonyl (C=O) groups excluding carboxylic acids is 2. The van der Waals surface area contributed by atoms with Crippen LogP contribution in [0.3, 0.4) is 0 Å². The van der Waals surface area contributed by atoms with Crippen LogP contribution in [0.15, 0.2) is 65.6 Å². The first kappa shape index (κ1) is 18.8. The fourth-order valence-electron chi connectivity index (χ4n) is 2.99. The van der Waals surface area contributed by atoms with Crippen molar-refractivity contribution in [3.63, 3.8) is 0 Å². The Morgan fingerprint density at radius 1 is 0.964 bits per heavy atom. The minimum absolute atomic E-state index is 0.0480. The maximum Gasteiger partial charge on any atom is 0.234 e. The van der Waals surface area contributed by atoms with Gasteiger partial charge in [-0.1, -0.05) is 41.9 Å². The smallest absolute Gasteiger partial charge is 0.234 e. The fourth-order valence-corrected chi connectivity index (χ4v) is 4.23. The lowest BCUT2D eigenvalue weighted by Gasteiger charge is -2.10. The highest BCUT2D eigenvalue weighted by molar-refractivity contribution is 8.00. The van der Waals surface area contributed by atoms with Crippen LogP contribution in [0.4, 0.5) is 11.4 Å². The van der Waals surface area contributed by atoms with Crippen LogP contribution >= 0.6 is 23.4 Å². The van der Waals surface area contributed by atoms with Crippen LogP contribution in [0.5, 0.6) is 0 Å². The molecule has 0 aromatic heterocycles. The molecule has 0 saturated heterocycles. The molecule has 4 nitrogen and oxygen atoms in total. The highest BCUT2D eigenvalue weighted by Crippen LogP contribution is 2.33. The first-order valence-electron chi connectivity index (χ1n) is 9.11. The highest BCUT2D eigenvalue weighted by atomic mass is 35.5. The topological polar surface area (TPSA) is 58.2 Å². The van der Waals surface area contributed by atoms with Crippen molar-refractivity contribution < 1.29 is 9.59 Å². The Balaban J connectivity index is 1.39. The van der Waals surface area contributed by atoms with Gasteiger partial charge < -0.3 is 10.6 Å². The molecule has 6 heteroatoms. The van der Waals surface area contributed by atoms with Gasteiger partial charge >= 0.3 is 0 Å². The van der Waals surface area contributed by atoms with Crippen molar-refractivity contribution in [2.45, 2.75) is 17.7 Å². The standard InChI is InChI=1S/C22H19ClN2O2S/c23-18-8-1-4-14-5-2-9-19(21(14)18)28-13-20(26)24-16-6-3-7-17(12-16)25-22(27)15-10-11-15/h1-9,12,15H,10-11,13H2,(H,24,26)(H,25,27). The van der Waals surface area contributed by atoms with Crippen molar-refractivity contribution in [3.8, 4) is 0 Å². The van der Waals surface area contributed by atoms with Crippen LogP contribution in [0.25, 0.3) is 10.8 Å². The Bertz CT molecular complexity index is 1040. The molecular formula is C22H19ClN2O2S. The number of thioether (sulfide) groups is 1. The molecule has 0 unspecified atom stereocenters. The van der Waals surface area contributed by atoms with E-state index in [1.165, 1.54) is 11.8 Å². The quantitative estimate of drug-likeness (QED) is 0.522. The maximum atomic E-state index is 12.4. The van der Waals surface area contributed by atoms with Crippen LogP contribution in [-0.2, 0) is 9.59 Å². The second-order valence-electron chi connectivity index (χ2n) is 6.78. The fraction of sp³-hybridized carbons (Fsp3) is 0.182. The summed E-state index contributed by atoms with van der Waals surface area (Å²) in [5.41, 5.74) is 1.36. The number of fused-ring (bicyclic) bond motifs is 1. The molecule has 4 rings (SSSR count). The molecule has 1 aliphatic carbocycles. The van der Waals surface area contributed by atoms with Gasteiger partial charge in [0.2, 0.25) is 11.8 Å². The van der Waals surface area contributed by atoms with Gasteiger partial charge in [0.1, 0.15) is 0 Å². The van der Waals surface area contributed by atoms with Crippen LogP contribution < -0.4 is 10.6 Å². The number of anilines is 2. The monoisotopic (exact) mass is 410 g/mol. The van der Waals surface area contributed by atoms with Gasteiger partial charge in [0.25, 0.3) is 0 Å². The molecule has 2 amide bonds. The van der Waals surface area contributed by atoms with Crippen molar-refractivity contribution >= 4 is 57.3 Å². The number of carbonyl (C=O) groups is 2. The van der Waals surface area contributed by atoms with Crippen LogP contribution in [0, 0.1) is 5.92 Å². The van der Waals surface area contributed by atoms with E-state index in [-0.39, 0.29) is 23.5 Å². The Morgan fingerprint density at radius 2 is 1.64 bits per heavy atom. The van der Waals surface area contributed by atoms with E-state index in [0.29, 0.717) is 16.4 Å². The summed E-state index contributed by atoms with van der Waals surface area (Å²) in [5, 5.41) is 8.48. The number of hydrogen-bond acceptors (Lipinski definition) is 3. The molecule has 0 atom stereocenters. The number of benzene rings is 3. The van der Waals surface area contributed by atoms with Gasteiger partial charge in [-0.05, 0) is 48.6 Å². The Labute approximate surface area is 172 Å². The third kappa shape index (κ3) is 4.49. The highest BCUT2D eigenvalue weighted by Gasteiger charge is 2.29. The molecule has 28 heavy (non-hydrogen) atoms. The zero-order valence-corrected chi connectivity index (χ0v) is 16.6. The third-order valence-corrected chi connectivity index (χ3v) is 5.91. The van der Waals surface area contributed by atoms with E-state index >= 15 is 0 Å². The van der Waals surface area contributed by atoms with E-state index in [2.05, 4.69) is 10.6 Å².